The molecule has 0 radical (unpaired) electrons. The molecule has 0 bridgehead atoms. The molecule has 0 fully saturated rings. The number of rotatable bonds is 10. The monoisotopic (exact) mass is 474 g/mol. The van der Waals surface area contributed by atoms with E-state index in [2.05, 4.69) is 41.2 Å². The Morgan fingerprint density at radius 1 is 0.914 bits per heavy atom. The molecule has 0 aliphatic rings. The summed E-state index contributed by atoms with van der Waals surface area (Å²) in [5.74, 6) is 10.2. The second-order valence-corrected chi connectivity index (χ2v) is 7.98. The van der Waals surface area contributed by atoms with E-state index in [9.17, 15) is 19.5 Å². The maximum absolute atomic E-state index is 12.3. The first-order valence-corrected chi connectivity index (χ1v) is 11.5. The van der Waals surface area contributed by atoms with Crippen molar-refractivity contribution in [2.75, 3.05) is 11.9 Å². The summed E-state index contributed by atoms with van der Waals surface area (Å²) in [5, 5.41) is 23.9. The number of amides is 2. The predicted octanol–water partition coefficient (Wildman–Crippen LogP) is 2.65. The van der Waals surface area contributed by atoms with Gasteiger partial charge >= 0.3 is 0 Å². The van der Waals surface area contributed by atoms with Crippen molar-refractivity contribution >= 4 is 23.3 Å². The van der Waals surface area contributed by atoms with Gasteiger partial charge in [0.2, 0.25) is 5.91 Å². The van der Waals surface area contributed by atoms with E-state index in [1.807, 2.05) is 12.1 Å². The molecule has 2 atom stereocenters. The Hall–Kier alpha value is -3.91. The highest BCUT2D eigenvalue weighted by molar-refractivity contribution is 5.98. The third-order valence-electron chi connectivity index (χ3n) is 5.07. The van der Waals surface area contributed by atoms with Crippen molar-refractivity contribution in [3.05, 3.63) is 65.2 Å². The van der Waals surface area contributed by atoms with Gasteiger partial charge in [0.05, 0.1) is 6.10 Å². The van der Waals surface area contributed by atoms with Crippen molar-refractivity contribution in [1.82, 2.24) is 5.32 Å². The van der Waals surface area contributed by atoms with E-state index in [-0.39, 0.29) is 11.5 Å². The molecule has 4 N–H and O–H groups in total. The first kappa shape index (κ1) is 27.3. The Morgan fingerprint density at radius 3 is 2.00 bits per heavy atom. The zero-order valence-electron chi connectivity index (χ0n) is 19.9. The van der Waals surface area contributed by atoms with Crippen LogP contribution in [0.3, 0.4) is 0 Å². The van der Waals surface area contributed by atoms with Crippen molar-refractivity contribution in [2.24, 2.45) is 0 Å². The second-order valence-electron chi connectivity index (χ2n) is 7.98. The van der Waals surface area contributed by atoms with E-state index in [0.29, 0.717) is 12.0 Å². The summed E-state index contributed by atoms with van der Waals surface area (Å²) in [5.41, 5.74) is 2.43. The molecule has 2 amide bonds. The van der Waals surface area contributed by atoms with E-state index in [0.717, 1.165) is 30.5 Å². The smallest absolute Gasteiger partial charge is 0.251 e. The summed E-state index contributed by atoms with van der Waals surface area (Å²) < 4.78 is 0. The number of hydrogen-bond acceptors (Lipinski definition) is 5. The van der Waals surface area contributed by atoms with Gasteiger partial charge in [-0.2, -0.15) is 0 Å². The maximum Gasteiger partial charge on any atom is 0.251 e. The van der Waals surface area contributed by atoms with Gasteiger partial charge in [-0.1, -0.05) is 31.6 Å². The SMILES string of the molecule is CCCCCC(=O)Nc1ccc(C#CC#Cc2ccc(C(=O)N[C@H](C(=O)CO)[C@@H](C)O)cc2)cc1. The fourth-order valence-electron chi connectivity index (χ4n) is 3.10. The number of benzene rings is 2. The number of ketones is 1. The van der Waals surface area contributed by atoms with Crippen LogP contribution in [-0.4, -0.2) is 46.6 Å². The van der Waals surface area contributed by atoms with Gasteiger partial charge in [0.15, 0.2) is 5.78 Å². The Balaban J connectivity index is 1.92. The van der Waals surface area contributed by atoms with E-state index in [4.69, 9.17) is 5.11 Å². The van der Waals surface area contributed by atoms with Crippen LogP contribution in [0.15, 0.2) is 48.5 Å². The first-order valence-electron chi connectivity index (χ1n) is 11.5. The lowest BCUT2D eigenvalue weighted by atomic mass is 10.1. The van der Waals surface area contributed by atoms with Gasteiger partial charge in [0.25, 0.3) is 5.91 Å². The molecule has 0 aromatic heterocycles. The third kappa shape index (κ3) is 9.46. The molecular weight excluding hydrogens is 444 g/mol. The molecule has 0 heterocycles. The lowest BCUT2D eigenvalue weighted by Crippen LogP contribution is -2.48. The fourth-order valence-corrected chi connectivity index (χ4v) is 3.10. The van der Waals surface area contributed by atoms with Gasteiger partial charge in [-0.3, -0.25) is 14.4 Å². The average molecular weight is 475 g/mol. The number of carbonyl (C=O) groups excluding carboxylic acids is 3. The topological polar surface area (TPSA) is 116 Å². The quantitative estimate of drug-likeness (QED) is 0.312. The lowest BCUT2D eigenvalue weighted by Gasteiger charge is -2.19. The van der Waals surface area contributed by atoms with Crippen LogP contribution in [0.2, 0.25) is 0 Å². The Labute approximate surface area is 205 Å². The minimum atomic E-state index is -1.18. The molecule has 0 unspecified atom stereocenters. The van der Waals surface area contributed by atoms with E-state index >= 15 is 0 Å². The molecule has 182 valence electrons. The van der Waals surface area contributed by atoms with Crippen molar-refractivity contribution < 1.29 is 24.6 Å². The van der Waals surface area contributed by atoms with Crippen LogP contribution in [0.4, 0.5) is 5.69 Å². The number of anilines is 1. The molecule has 0 spiro atoms. The van der Waals surface area contributed by atoms with E-state index in [1.165, 1.54) is 6.92 Å². The number of aliphatic hydroxyl groups excluding tert-OH is 2. The first-order chi connectivity index (χ1) is 16.8. The summed E-state index contributed by atoms with van der Waals surface area (Å²) in [7, 11) is 0. The van der Waals surface area contributed by atoms with Gasteiger partial charge in [-0.25, -0.2) is 0 Å². The fraction of sp³-hybridized carbons (Fsp3) is 0.321. The highest BCUT2D eigenvalue weighted by Crippen LogP contribution is 2.10. The molecule has 0 aliphatic heterocycles. The van der Waals surface area contributed by atoms with Crippen molar-refractivity contribution in [3.63, 3.8) is 0 Å². The van der Waals surface area contributed by atoms with Gasteiger partial charge < -0.3 is 20.8 Å². The van der Waals surface area contributed by atoms with Crippen LogP contribution >= 0.6 is 0 Å². The highest BCUT2D eigenvalue weighted by Gasteiger charge is 2.25. The van der Waals surface area contributed by atoms with Gasteiger partial charge in [-0.05, 0) is 73.7 Å². The summed E-state index contributed by atoms with van der Waals surface area (Å²) in [4.78, 5) is 35.8. The molecule has 0 aliphatic carbocycles. The van der Waals surface area contributed by atoms with Crippen LogP contribution in [0.25, 0.3) is 0 Å². The van der Waals surface area contributed by atoms with Crippen LogP contribution < -0.4 is 10.6 Å². The zero-order chi connectivity index (χ0) is 25.6. The number of aliphatic hydroxyl groups is 2. The second kappa shape index (κ2) is 14.4. The van der Waals surface area contributed by atoms with Crippen LogP contribution in [0, 0.1) is 23.7 Å². The highest BCUT2D eigenvalue weighted by atomic mass is 16.3. The third-order valence-corrected chi connectivity index (χ3v) is 5.07. The standard InChI is InChI=1S/C28H30N2O5/c1-3-4-5-10-26(34)29-24-17-13-22(14-18-24)9-7-6-8-21-11-15-23(16-12-21)28(35)30-27(20(2)32)25(33)19-31/h11-18,20,27,31-32H,3-5,10,19H2,1-2H3,(H,29,34)(H,30,35)/t20-,27+/m1/s1. The maximum atomic E-state index is 12.3. The van der Waals surface area contributed by atoms with Crippen molar-refractivity contribution in [1.29, 1.82) is 0 Å². The zero-order valence-corrected chi connectivity index (χ0v) is 19.9. The minimum absolute atomic E-state index is 0.00747. The number of Topliss-reactive ketones (excluding diaryl/α,β-unsaturated/α-hetero) is 1. The van der Waals surface area contributed by atoms with Crippen LogP contribution in [0.1, 0.15) is 61.0 Å². The largest absolute Gasteiger partial charge is 0.391 e. The summed E-state index contributed by atoms with van der Waals surface area (Å²) >= 11 is 0. The minimum Gasteiger partial charge on any atom is -0.391 e. The molecule has 2 aromatic rings. The van der Waals surface area contributed by atoms with Gasteiger partial charge in [0, 0.05) is 28.8 Å². The van der Waals surface area contributed by atoms with E-state index in [1.54, 1.807) is 36.4 Å². The Bertz CT molecular complexity index is 1130. The normalized spacial score (nSPS) is 11.7. The molecule has 7 heteroatoms. The van der Waals surface area contributed by atoms with Crippen LogP contribution in [0.5, 0.6) is 0 Å². The van der Waals surface area contributed by atoms with E-state index < -0.39 is 30.4 Å². The molecule has 0 saturated carbocycles. The average Bonchev–Trinajstić information content (AvgIpc) is 2.86. The molecule has 35 heavy (non-hydrogen) atoms. The number of unbranched alkanes of at least 4 members (excludes halogenated alkanes) is 2. The van der Waals surface area contributed by atoms with Gasteiger partial charge in [-0.15, -0.1) is 0 Å². The van der Waals surface area contributed by atoms with Gasteiger partial charge in [0.1, 0.15) is 12.6 Å². The molecule has 2 rings (SSSR count). The van der Waals surface area contributed by atoms with Crippen molar-refractivity contribution in [2.45, 2.75) is 51.7 Å². The molecular formula is C28H30N2O5. The van der Waals surface area contributed by atoms with Crippen molar-refractivity contribution in [3.8, 4) is 23.7 Å². The summed E-state index contributed by atoms with van der Waals surface area (Å²) in [6.07, 6.45) is 2.39. The summed E-state index contributed by atoms with van der Waals surface area (Å²) in [6, 6.07) is 12.4. The summed E-state index contributed by atoms with van der Waals surface area (Å²) in [6.45, 7) is 2.69. The number of carbonyl (C=O) groups is 3. The lowest BCUT2D eigenvalue weighted by molar-refractivity contribution is -0.126. The number of nitrogens with one attached hydrogen (secondary N) is 2. The predicted molar refractivity (Wildman–Crippen MR) is 134 cm³/mol. The molecule has 7 nitrogen and oxygen atoms in total. The Kier molecular flexibility index (Phi) is 11.2. The molecule has 2 aromatic carbocycles. The Morgan fingerprint density at radius 2 is 1.49 bits per heavy atom. The van der Waals surface area contributed by atoms with Crippen LogP contribution in [-0.2, 0) is 9.59 Å². The molecule has 0 saturated heterocycles. The number of hydrogen-bond donors (Lipinski definition) is 4.